The Bertz CT molecular complexity index is 921. The molecular weight excluding hydrogens is 491 g/mol. The van der Waals surface area contributed by atoms with Crippen LogP contribution in [0.1, 0.15) is 12.5 Å². The van der Waals surface area contributed by atoms with Gasteiger partial charge >= 0.3 is 0 Å². The number of hydrogen-bond donors (Lipinski definition) is 1. The smallest absolute Gasteiger partial charge is 0.225 e. The van der Waals surface area contributed by atoms with Crippen molar-refractivity contribution in [3.05, 3.63) is 67.0 Å². The van der Waals surface area contributed by atoms with Gasteiger partial charge in [-0.1, -0.05) is 18.2 Å². The molecule has 0 amide bonds. The van der Waals surface area contributed by atoms with E-state index in [1.54, 1.807) is 18.6 Å². The fourth-order valence-corrected chi connectivity index (χ4v) is 3.46. The van der Waals surface area contributed by atoms with Crippen molar-refractivity contribution in [2.45, 2.75) is 13.5 Å². The van der Waals surface area contributed by atoms with Gasteiger partial charge in [-0.15, -0.1) is 24.0 Å². The van der Waals surface area contributed by atoms with E-state index in [2.05, 4.69) is 55.2 Å². The Kier molecular flexibility index (Phi) is 8.00. The van der Waals surface area contributed by atoms with Gasteiger partial charge in [-0.25, -0.2) is 19.9 Å². The topological polar surface area (TPSA) is 74.5 Å². The zero-order chi connectivity index (χ0) is 19.9. The van der Waals surface area contributed by atoms with Gasteiger partial charge in [-0.2, -0.15) is 0 Å². The van der Waals surface area contributed by atoms with Crippen molar-refractivity contribution < 1.29 is 0 Å². The summed E-state index contributed by atoms with van der Waals surface area (Å²) in [7, 11) is 0. The van der Waals surface area contributed by atoms with E-state index in [1.165, 1.54) is 0 Å². The standard InChI is InChI=1S/C21H26N8.HI/c1-2-23-20(27-12-14-28(15-13-27)21-24-8-5-9-25-21)26-16-18-6-3-4-7-19(18)29-11-10-22-17-29;/h3-11,17H,2,12-16H2,1H3,(H,23,26);1H. The molecule has 1 saturated heterocycles. The molecule has 0 spiro atoms. The molecule has 0 saturated carbocycles. The van der Waals surface area contributed by atoms with Gasteiger partial charge in [0.15, 0.2) is 5.96 Å². The zero-order valence-electron chi connectivity index (χ0n) is 17.1. The maximum absolute atomic E-state index is 4.92. The number of benzene rings is 1. The normalized spacial score (nSPS) is 14.4. The first-order chi connectivity index (χ1) is 14.3. The van der Waals surface area contributed by atoms with E-state index in [0.29, 0.717) is 6.54 Å². The Balaban J connectivity index is 0.00000256. The molecule has 4 rings (SSSR count). The van der Waals surface area contributed by atoms with Crippen molar-refractivity contribution in [2.24, 2.45) is 4.99 Å². The van der Waals surface area contributed by atoms with Crippen LogP contribution >= 0.6 is 24.0 Å². The third-order valence-electron chi connectivity index (χ3n) is 4.92. The summed E-state index contributed by atoms with van der Waals surface area (Å²) in [4.78, 5) is 22.3. The molecule has 2 aromatic heterocycles. The highest BCUT2D eigenvalue weighted by Gasteiger charge is 2.21. The van der Waals surface area contributed by atoms with E-state index in [1.807, 2.05) is 29.2 Å². The van der Waals surface area contributed by atoms with Gasteiger partial charge in [0.05, 0.1) is 18.6 Å². The van der Waals surface area contributed by atoms with Gasteiger partial charge in [0, 0.05) is 57.5 Å². The number of anilines is 1. The van der Waals surface area contributed by atoms with E-state index in [0.717, 1.165) is 55.9 Å². The Morgan fingerprint density at radius 1 is 1.03 bits per heavy atom. The van der Waals surface area contributed by atoms with Crippen LogP contribution in [0.25, 0.3) is 5.69 Å². The highest BCUT2D eigenvalue weighted by Crippen LogP contribution is 2.16. The molecule has 1 fully saturated rings. The minimum Gasteiger partial charge on any atom is -0.357 e. The molecule has 30 heavy (non-hydrogen) atoms. The lowest BCUT2D eigenvalue weighted by Crippen LogP contribution is -2.53. The monoisotopic (exact) mass is 518 g/mol. The average molecular weight is 518 g/mol. The van der Waals surface area contributed by atoms with E-state index in [-0.39, 0.29) is 24.0 Å². The largest absolute Gasteiger partial charge is 0.357 e. The number of nitrogens with one attached hydrogen (secondary N) is 1. The highest BCUT2D eigenvalue weighted by atomic mass is 127. The van der Waals surface area contributed by atoms with Crippen molar-refractivity contribution in [1.29, 1.82) is 0 Å². The molecule has 0 radical (unpaired) electrons. The molecular formula is C21H27IN8. The summed E-state index contributed by atoms with van der Waals surface area (Å²) in [5, 5.41) is 3.44. The molecule has 0 atom stereocenters. The number of nitrogens with zero attached hydrogens (tertiary/aromatic N) is 7. The Morgan fingerprint density at radius 3 is 2.50 bits per heavy atom. The van der Waals surface area contributed by atoms with E-state index in [4.69, 9.17) is 4.99 Å². The van der Waals surface area contributed by atoms with Gasteiger partial charge in [-0.3, -0.25) is 0 Å². The van der Waals surface area contributed by atoms with Gasteiger partial charge in [0.1, 0.15) is 0 Å². The van der Waals surface area contributed by atoms with Crippen molar-refractivity contribution in [1.82, 2.24) is 29.7 Å². The van der Waals surface area contributed by atoms with Crippen LogP contribution in [-0.4, -0.2) is 63.1 Å². The summed E-state index contributed by atoms with van der Waals surface area (Å²) in [5.41, 5.74) is 2.27. The van der Waals surface area contributed by atoms with E-state index in [9.17, 15) is 0 Å². The molecule has 1 aliphatic rings. The number of aliphatic imine (C=N–C) groups is 1. The number of piperazine rings is 1. The summed E-state index contributed by atoms with van der Waals surface area (Å²) in [6, 6.07) is 10.2. The average Bonchev–Trinajstić information content (AvgIpc) is 3.32. The van der Waals surface area contributed by atoms with Gasteiger partial charge in [-0.05, 0) is 24.6 Å². The second-order valence-electron chi connectivity index (χ2n) is 6.79. The molecule has 1 N–H and O–H groups in total. The molecule has 8 nitrogen and oxygen atoms in total. The summed E-state index contributed by atoms with van der Waals surface area (Å²) in [6.07, 6.45) is 9.15. The molecule has 3 aromatic rings. The van der Waals surface area contributed by atoms with Crippen LogP contribution in [0.2, 0.25) is 0 Å². The van der Waals surface area contributed by atoms with Crippen molar-refractivity contribution in [3.63, 3.8) is 0 Å². The summed E-state index contributed by atoms with van der Waals surface area (Å²) >= 11 is 0. The minimum absolute atomic E-state index is 0. The second kappa shape index (κ2) is 10.9. The molecule has 9 heteroatoms. The van der Waals surface area contributed by atoms with Gasteiger partial charge < -0.3 is 19.7 Å². The van der Waals surface area contributed by atoms with Crippen LogP contribution in [0.4, 0.5) is 5.95 Å². The first-order valence-electron chi connectivity index (χ1n) is 9.96. The summed E-state index contributed by atoms with van der Waals surface area (Å²) in [5.74, 6) is 1.74. The minimum atomic E-state index is 0. The van der Waals surface area contributed by atoms with Crippen LogP contribution < -0.4 is 10.2 Å². The number of aromatic nitrogens is 4. The highest BCUT2D eigenvalue weighted by molar-refractivity contribution is 14.0. The van der Waals surface area contributed by atoms with Crippen LogP contribution in [-0.2, 0) is 6.54 Å². The van der Waals surface area contributed by atoms with Crippen LogP contribution in [0.3, 0.4) is 0 Å². The third kappa shape index (κ3) is 5.26. The molecule has 1 aromatic carbocycles. The zero-order valence-corrected chi connectivity index (χ0v) is 19.4. The predicted octanol–water partition coefficient (Wildman–Crippen LogP) is 2.57. The lowest BCUT2D eigenvalue weighted by Gasteiger charge is -2.36. The van der Waals surface area contributed by atoms with Gasteiger partial charge in [0.25, 0.3) is 0 Å². The lowest BCUT2D eigenvalue weighted by molar-refractivity contribution is 0.370. The SMILES string of the molecule is CCNC(=NCc1ccccc1-n1ccnc1)N1CCN(c2ncccn2)CC1.I. The van der Waals surface area contributed by atoms with Crippen LogP contribution in [0.15, 0.2) is 66.4 Å². The lowest BCUT2D eigenvalue weighted by atomic mass is 10.2. The van der Waals surface area contributed by atoms with Crippen molar-refractivity contribution in [2.75, 3.05) is 37.6 Å². The van der Waals surface area contributed by atoms with Crippen LogP contribution in [0.5, 0.6) is 0 Å². The predicted molar refractivity (Wildman–Crippen MR) is 130 cm³/mol. The fourth-order valence-electron chi connectivity index (χ4n) is 3.46. The molecule has 3 heterocycles. The molecule has 0 unspecified atom stereocenters. The van der Waals surface area contributed by atoms with Crippen molar-refractivity contribution in [3.8, 4) is 5.69 Å². The second-order valence-corrected chi connectivity index (χ2v) is 6.79. The van der Waals surface area contributed by atoms with Crippen LogP contribution in [0, 0.1) is 0 Å². The Morgan fingerprint density at radius 2 is 1.80 bits per heavy atom. The maximum Gasteiger partial charge on any atom is 0.225 e. The third-order valence-corrected chi connectivity index (χ3v) is 4.92. The number of imidazole rings is 1. The Hall–Kier alpha value is -2.69. The number of para-hydroxylation sites is 1. The number of hydrogen-bond acceptors (Lipinski definition) is 5. The Labute approximate surface area is 194 Å². The number of guanidine groups is 1. The first kappa shape index (κ1) is 22.0. The number of halogens is 1. The first-order valence-corrected chi connectivity index (χ1v) is 9.96. The maximum atomic E-state index is 4.92. The van der Waals surface area contributed by atoms with E-state index < -0.39 is 0 Å². The molecule has 1 aliphatic heterocycles. The van der Waals surface area contributed by atoms with Crippen molar-refractivity contribution >= 4 is 35.9 Å². The quantitative estimate of drug-likeness (QED) is 0.318. The fraction of sp³-hybridized carbons (Fsp3) is 0.333. The molecule has 0 aliphatic carbocycles. The molecule has 158 valence electrons. The van der Waals surface area contributed by atoms with Gasteiger partial charge in [0.2, 0.25) is 5.95 Å². The summed E-state index contributed by atoms with van der Waals surface area (Å²) < 4.78 is 2.02. The summed E-state index contributed by atoms with van der Waals surface area (Å²) in [6.45, 7) is 7.06. The van der Waals surface area contributed by atoms with E-state index >= 15 is 0 Å². The number of rotatable bonds is 5. The molecule has 0 bridgehead atoms.